The van der Waals surface area contributed by atoms with E-state index in [0.717, 1.165) is 22.0 Å². The van der Waals surface area contributed by atoms with Crippen molar-refractivity contribution >= 4 is 56.4 Å². The number of halogens is 1. The fraction of sp³-hybridized carbons (Fsp3) is 0.346. The first-order valence-electron chi connectivity index (χ1n) is 12.0. The molecule has 1 amide bonds. The molecule has 196 valence electrons. The van der Waals surface area contributed by atoms with Gasteiger partial charge >= 0.3 is 0 Å². The van der Waals surface area contributed by atoms with E-state index in [1.54, 1.807) is 18.2 Å². The highest BCUT2D eigenvalue weighted by molar-refractivity contribution is 7.89. The van der Waals surface area contributed by atoms with Crippen molar-refractivity contribution in [1.29, 1.82) is 0 Å². The maximum Gasteiger partial charge on any atom is 0.244 e. The second kappa shape index (κ2) is 10.3. The molecule has 4 rings (SSSR count). The number of nitrogens with one attached hydrogen (secondary N) is 2. The molecule has 37 heavy (non-hydrogen) atoms. The summed E-state index contributed by atoms with van der Waals surface area (Å²) >= 11 is 6.36. The van der Waals surface area contributed by atoms with Gasteiger partial charge in [-0.15, -0.1) is 0 Å². The van der Waals surface area contributed by atoms with Crippen LogP contribution in [-0.2, 0) is 20.2 Å². The number of carbonyl (C=O) groups excluding carboxylic acids is 1. The number of fused-ring (bicyclic) bond motifs is 1. The Bertz CT molecular complexity index is 1440. The monoisotopic (exact) mass is 542 g/mol. The number of para-hydroxylation sites is 1. The van der Waals surface area contributed by atoms with Crippen molar-refractivity contribution < 1.29 is 13.2 Å². The molecule has 0 spiro atoms. The van der Waals surface area contributed by atoms with Crippen LogP contribution in [0, 0.1) is 0 Å². The molecule has 1 aromatic heterocycles. The Hall–Kier alpha value is -3.21. The zero-order valence-corrected chi connectivity index (χ0v) is 23.1. The number of benzene rings is 2. The van der Waals surface area contributed by atoms with Crippen molar-refractivity contribution in [3.05, 3.63) is 59.2 Å². The van der Waals surface area contributed by atoms with Crippen molar-refractivity contribution in [1.82, 2.24) is 14.3 Å². The van der Waals surface area contributed by atoms with E-state index in [1.165, 1.54) is 26.4 Å². The van der Waals surface area contributed by atoms with Gasteiger partial charge in [-0.1, -0.05) is 43.6 Å². The van der Waals surface area contributed by atoms with Gasteiger partial charge in [0.25, 0.3) is 0 Å². The molecule has 0 atom stereocenters. The van der Waals surface area contributed by atoms with Crippen LogP contribution in [-0.4, -0.2) is 49.2 Å². The van der Waals surface area contributed by atoms with Gasteiger partial charge in [0.1, 0.15) is 9.92 Å². The maximum absolute atomic E-state index is 12.8. The topological polar surface area (TPSA) is 108 Å². The third-order valence-corrected chi connectivity index (χ3v) is 8.65. The highest BCUT2D eigenvalue weighted by atomic mass is 35.5. The number of sulfonamides is 1. The highest BCUT2D eigenvalue weighted by Gasteiger charge is 2.32. The molecule has 0 radical (unpaired) electrons. The van der Waals surface area contributed by atoms with Gasteiger partial charge in [0, 0.05) is 38.4 Å². The minimum Gasteiger partial charge on any atom is -0.338 e. The number of amides is 1. The molecule has 0 saturated carbocycles. The smallest absolute Gasteiger partial charge is 0.244 e. The molecule has 0 bridgehead atoms. The van der Waals surface area contributed by atoms with Gasteiger partial charge < -0.3 is 15.5 Å². The number of nitrogens with zero attached hydrogens (tertiary/aromatic N) is 4. The summed E-state index contributed by atoms with van der Waals surface area (Å²) in [5, 5.41) is 6.46. The fourth-order valence-electron chi connectivity index (χ4n) is 4.34. The van der Waals surface area contributed by atoms with E-state index in [9.17, 15) is 13.2 Å². The van der Waals surface area contributed by atoms with Crippen LogP contribution in [0.1, 0.15) is 39.2 Å². The number of aromatic nitrogens is 2. The zero-order valence-electron chi connectivity index (χ0n) is 21.5. The van der Waals surface area contributed by atoms with Crippen LogP contribution in [0.4, 0.5) is 28.8 Å². The van der Waals surface area contributed by atoms with E-state index >= 15 is 0 Å². The van der Waals surface area contributed by atoms with Crippen molar-refractivity contribution in [2.75, 3.05) is 36.2 Å². The number of hydrogen-bond acceptors (Lipinski definition) is 7. The van der Waals surface area contributed by atoms with Gasteiger partial charge in [-0.05, 0) is 48.6 Å². The first-order chi connectivity index (χ1) is 17.4. The second-order valence-corrected chi connectivity index (χ2v) is 12.2. The molecule has 2 aromatic carbocycles. The Morgan fingerprint density at radius 3 is 2.57 bits per heavy atom. The first kappa shape index (κ1) is 26.8. The van der Waals surface area contributed by atoms with E-state index in [4.69, 9.17) is 11.6 Å². The van der Waals surface area contributed by atoms with Crippen molar-refractivity contribution in [3.63, 3.8) is 0 Å². The lowest BCUT2D eigenvalue weighted by Crippen LogP contribution is -2.29. The molecular weight excluding hydrogens is 512 g/mol. The minimum atomic E-state index is -3.70. The van der Waals surface area contributed by atoms with Gasteiger partial charge in [-0.2, -0.15) is 4.98 Å². The summed E-state index contributed by atoms with van der Waals surface area (Å²) in [6, 6.07) is 12.5. The lowest BCUT2D eigenvalue weighted by molar-refractivity contribution is -0.118. The van der Waals surface area contributed by atoms with Crippen LogP contribution in [0.25, 0.3) is 0 Å². The average Bonchev–Trinajstić information content (AvgIpc) is 2.94. The number of rotatable bonds is 7. The highest BCUT2D eigenvalue weighted by Crippen LogP contribution is 2.41. The Balaban J connectivity index is 1.67. The molecule has 0 aliphatic carbocycles. The van der Waals surface area contributed by atoms with E-state index in [0.29, 0.717) is 24.3 Å². The van der Waals surface area contributed by atoms with Crippen LogP contribution in [0.5, 0.6) is 0 Å². The zero-order chi connectivity index (χ0) is 27.0. The first-order valence-corrected chi connectivity index (χ1v) is 13.8. The lowest BCUT2D eigenvalue weighted by atomic mass is 9.80. The summed E-state index contributed by atoms with van der Waals surface area (Å²) in [5.41, 5.74) is 2.90. The summed E-state index contributed by atoms with van der Waals surface area (Å²) in [6.07, 6.45) is 2.72. The SMILES string of the molecule is CCN1C(=O)CCC(C)(C)c2ccc(Nc3ncc(Cl)c(Nc4ccccc4S(=O)(=O)N(C)C)n3)cc21. The molecular formula is C26H31ClN6O3S. The predicted octanol–water partition coefficient (Wildman–Crippen LogP) is 5.29. The normalized spacial score (nSPS) is 15.3. The van der Waals surface area contributed by atoms with Gasteiger partial charge in [0.05, 0.1) is 11.9 Å². The standard InChI is InChI=1S/C26H31ClN6O3S/c1-6-33-21-15-17(11-12-18(21)26(2,3)14-13-23(33)34)29-25-28-16-19(27)24(31-25)30-20-9-7-8-10-22(20)37(35,36)32(4)5/h7-12,15-16H,6,13-14H2,1-5H3,(H2,28,29,30,31). The summed E-state index contributed by atoms with van der Waals surface area (Å²) in [7, 11) is -0.750. The Morgan fingerprint density at radius 1 is 1.14 bits per heavy atom. The summed E-state index contributed by atoms with van der Waals surface area (Å²) < 4.78 is 26.7. The van der Waals surface area contributed by atoms with Crippen LogP contribution in [0.15, 0.2) is 53.6 Å². The predicted molar refractivity (Wildman–Crippen MR) is 148 cm³/mol. The van der Waals surface area contributed by atoms with Gasteiger partial charge in [-0.3, -0.25) is 4.79 Å². The molecule has 11 heteroatoms. The Morgan fingerprint density at radius 2 is 1.86 bits per heavy atom. The van der Waals surface area contributed by atoms with Gasteiger partial charge in [0.15, 0.2) is 5.82 Å². The Kier molecular flexibility index (Phi) is 7.45. The maximum atomic E-state index is 12.8. The molecule has 0 saturated heterocycles. The van der Waals surface area contributed by atoms with E-state index in [-0.39, 0.29) is 33.0 Å². The summed E-state index contributed by atoms with van der Waals surface area (Å²) in [4.78, 5) is 23.5. The fourth-order valence-corrected chi connectivity index (χ4v) is 5.52. The molecule has 0 fully saturated rings. The number of anilines is 5. The van der Waals surface area contributed by atoms with Gasteiger partial charge in [0.2, 0.25) is 21.9 Å². The van der Waals surface area contributed by atoms with Gasteiger partial charge in [-0.25, -0.2) is 17.7 Å². The largest absolute Gasteiger partial charge is 0.338 e. The third kappa shape index (κ3) is 5.41. The molecule has 2 heterocycles. The van der Waals surface area contributed by atoms with Crippen LogP contribution in [0.2, 0.25) is 5.02 Å². The number of carbonyl (C=O) groups is 1. The summed E-state index contributed by atoms with van der Waals surface area (Å²) in [6.45, 7) is 6.85. The van der Waals surface area contributed by atoms with Crippen LogP contribution >= 0.6 is 11.6 Å². The van der Waals surface area contributed by atoms with Crippen molar-refractivity contribution in [3.8, 4) is 0 Å². The van der Waals surface area contributed by atoms with Crippen LogP contribution in [0.3, 0.4) is 0 Å². The Labute approximate surface area is 222 Å². The molecule has 9 nitrogen and oxygen atoms in total. The van der Waals surface area contributed by atoms with E-state index in [1.807, 2.05) is 30.0 Å². The molecule has 0 unspecified atom stereocenters. The third-order valence-electron chi connectivity index (χ3n) is 6.50. The van der Waals surface area contributed by atoms with E-state index in [2.05, 4.69) is 34.4 Å². The van der Waals surface area contributed by atoms with Crippen LogP contribution < -0.4 is 15.5 Å². The quantitative estimate of drug-likeness (QED) is 0.417. The number of hydrogen-bond donors (Lipinski definition) is 2. The molecule has 3 aromatic rings. The van der Waals surface area contributed by atoms with Crippen molar-refractivity contribution in [2.45, 2.75) is 43.9 Å². The lowest BCUT2D eigenvalue weighted by Gasteiger charge is -2.27. The van der Waals surface area contributed by atoms with E-state index < -0.39 is 10.0 Å². The minimum absolute atomic E-state index is 0.0990. The summed E-state index contributed by atoms with van der Waals surface area (Å²) in [5.74, 6) is 0.621. The molecule has 1 aliphatic heterocycles. The molecule has 1 aliphatic rings. The average molecular weight is 543 g/mol. The second-order valence-electron chi connectivity index (χ2n) is 9.68. The molecule has 2 N–H and O–H groups in total. The van der Waals surface area contributed by atoms with Crippen molar-refractivity contribution in [2.24, 2.45) is 0 Å².